The van der Waals surface area contributed by atoms with Crippen LogP contribution in [0.1, 0.15) is 47.5 Å². The molecule has 136 valence electrons. The van der Waals surface area contributed by atoms with Gasteiger partial charge in [-0.25, -0.2) is 4.79 Å². The van der Waals surface area contributed by atoms with E-state index in [1.165, 1.54) is 6.42 Å². The monoisotopic (exact) mass is 440 g/mol. The van der Waals surface area contributed by atoms with Crippen molar-refractivity contribution in [3.8, 4) is 0 Å². The van der Waals surface area contributed by atoms with Gasteiger partial charge in [0.15, 0.2) is 5.96 Å². The Balaban J connectivity index is 0.00000484. The maximum atomic E-state index is 11.6. The molecule has 0 aromatic carbocycles. The molecule has 0 radical (unpaired) electrons. The minimum atomic E-state index is -0.364. The number of hydrogen-bond donors (Lipinski definition) is 3. The molecule has 0 aromatic rings. The second kappa shape index (κ2) is 11.8. The van der Waals surface area contributed by atoms with Crippen LogP contribution in [-0.2, 0) is 4.74 Å². The topological polar surface area (TPSA) is 74.8 Å². The van der Waals surface area contributed by atoms with E-state index in [9.17, 15) is 4.79 Å². The first-order chi connectivity index (χ1) is 10.5. The van der Waals surface area contributed by atoms with Crippen LogP contribution in [0.2, 0.25) is 0 Å². The highest BCUT2D eigenvalue weighted by molar-refractivity contribution is 14.0. The summed E-state index contributed by atoms with van der Waals surface area (Å²) in [6, 6.07) is 0.519. The van der Waals surface area contributed by atoms with Gasteiger partial charge >= 0.3 is 6.09 Å². The van der Waals surface area contributed by atoms with Crippen molar-refractivity contribution in [2.45, 2.75) is 59.5 Å². The van der Waals surface area contributed by atoms with Gasteiger partial charge in [0.2, 0.25) is 0 Å². The van der Waals surface area contributed by atoms with Crippen LogP contribution in [0.4, 0.5) is 4.79 Å². The molecule has 3 atom stereocenters. The second-order valence-corrected chi connectivity index (χ2v) is 6.37. The third kappa shape index (κ3) is 9.88. The molecule has 0 aliphatic heterocycles. The van der Waals surface area contributed by atoms with E-state index >= 15 is 0 Å². The predicted octanol–water partition coefficient (Wildman–Crippen LogP) is 2.73. The van der Waals surface area contributed by atoms with Crippen molar-refractivity contribution in [2.75, 3.05) is 19.7 Å². The van der Waals surface area contributed by atoms with Gasteiger partial charge in [0.1, 0.15) is 0 Å². The van der Waals surface area contributed by atoms with Crippen molar-refractivity contribution in [1.29, 1.82) is 0 Å². The lowest BCUT2D eigenvalue weighted by molar-refractivity contribution is 0.147. The van der Waals surface area contributed by atoms with Gasteiger partial charge in [0.05, 0.1) is 19.2 Å². The van der Waals surface area contributed by atoms with Gasteiger partial charge in [-0.3, -0.25) is 4.99 Å². The molecule has 0 spiro atoms. The molecule has 1 aliphatic rings. The Kier molecular flexibility index (Phi) is 11.4. The molecule has 1 aliphatic carbocycles. The number of halogens is 1. The molecule has 1 saturated carbocycles. The molecule has 1 amide bonds. The summed E-state index contributed by atoms with van der Waals surface area (Å²) in [6.07, 6.45) is 1.71. The quantitative estimate of drug-likeness (QED) is 0.308. The molecular formula is C16H33IN4O2. The number of ether oxygens (including phenoxy) is 1. The number of aliphatic imine (C=N–C) groups is 1. The molecule has 3 N–H and O–H groups in total. The highest BCUT2D eigenvalue weighted by atomic mass is 127. The number of carbonyl (C=O) groups excluding carboxylic acids is 1. The van der Waals surface area contributed by atoms with Gasteiger partial charge in [-0.05, 0) is 38.5 Å². The summed E-state index contributed by atoms with van der Waals surface area (Å²) in [5.74, 6) is 2.03. The van der Waals surface area contributed by atoms with Crippen LogP contribution in [-0.4, -0.2) is 43.8 Å². The largest absolute Gasteiger partial charge is 0.450 e. The smallest absolute Gasteiger partial charge is 0.407 e. The molecule has 23 heavy (non-hydrogen) atoms. The highest BCUT2D eigenvalue weighted by Gasteiger charge is 2.33. The fraction of sp³-hybridized carbons (Fsp3) is 0.875. The minimum absolute atomic E-state index is 0. The zero-order chi connectivity index (χ0) is 16.5. The standard InChI is InChI=1S/C16H32N4O2.HI/c1-6-17-15(20-14-9-12(14)5)18-10-13(8-11(3)4)19-16(21)22-7-2;/h11-14H,6-10H2,1-5H3,(H,19,21)(H2,17,18,20);1H. The van der Waals surface area contributed by atoms with Gasteiger partial charge in [-0.1, -0.05) is 20.8 Å². The van der Waals surface area contributed by atoms with Gasteiger partial charge in [0.25, 0.3) is 0 Å². The number of amides is 1. The Morgan fingerprint density at radius 2 is 2.00 bits per heavy atom. The van der Waals surface area contributed by atoms with E-state index in [1.807, 2.05) is 0 Å². The Morgan fingerprint density at radius 3 is 2.48 bits per heavy atom. The Morgan fingerprint density at radius 1 is 1.35 bits per heavy atom. The zero-order valence-corrected chi connectivity index (χ0v) is 17.3. The molecule has 7 heteroatoms. The fourth-order valence-electron chi connectivity index (χ4n) is 2.31. The van der Waals surface area contributed by atoms with Crippen molar-refractivity contribution in [1.82, 2.24) is 16.0 Å². The Labute approximate surface area is 157 Å². The average molecular weight is 440 g/mol. The average Bonchev–Trinajstić information content (AvgIpc) is 3.11. The summed E-state index contributed by atoms with van der Waals surface area (Å²) >= 11 is 0. The van der Waals surface area contributed by atoms with Gasteiger partial charge < -0.3 is 20.7 Å². The van der Waals surface area contributed by atoms with E-state index in [1.54, 1.807) is 6.92 Å². The van der Waals surface area contributed by atoms with E-state index in [-0.39, 0.29) is 36.1 Å². The first-order valence-corrected chi connectivity index (χ1v) is 8.44. The molecule has 1 rings (SSSR count). The lowest BCUT2D eigenvalue weighted by atomic mass is 10.0. The van der Waals surface area contributed by atoms with Crippen LogP contribution in [0.3, 0.4) is 0 Å². The zero-order valence-electron chi connectivity index (χ0n) is 15.0. The minimum Gasteiger partial charge on any atom is -0.450 e. The summed E-state index contributed by atoms with van der Waals surface area (Å²) < 4.78 is 4.97. The molecule has 0 aromatic heterocycles. The van der Waals surface area contributed by atoms with Crippen molar-refractivity contribution >= 4 is 36.0 Å². The van der Waals surface area contributed by atoms with Gasteiger partial charge in [0, 0.05) is 12.6 Å². The summed E-state index contributed by atoms with van der Waals surface area (Å²) in [7, 11) is 0. The summed E-state index contributed by atoms with van der Waals surface area (Å²) in [6.45, 7) is 12.1. The molecular weight excluding hydrogens is 407 g/mol. The number of nitrogens with one attached hydrogen (secondary N) is 3. The highest BCUT2D eigenvalue weighted by Crippen LogP contribution is 2.28. The predicted molar refractivity (Wildman–Crippen MR) is 105 cm³/mol. The number of carbonyl (C=O) groups is 1. The van der Waals surface area contributed by atoms with Gasteiger partial charge in [-0.2, -0.15) is 0 Å². The fourth-order valence-corrected chi connectivity index (χ4v) is 2.31. The lowest BCUT2D eigenvalue weighted by Gasteiger charge is -2.19. The van der Waals surface area contributed by atoms with E-state index in [0.29, 0.717) is 31.0 Å². The van der Waals surface area contributed by atoms with Crippen LogP contribution < -0.4 is 16.0 Å². The summed E-state index contributed by atoms with van der Waals surface area (Å²) in [5.41, 5.74) is 0. The Bertz CT molecular complexity index is 377. The molecule has 1 fully saturated rings. The van der Waals surface area contributed by atoms with E-state index in [4.69, 9.17) is 4.74 Å². The third-order valence-corrected chi connectivity index (χ3v) is 3.60. The van der Waals surface area contributed by atoms with Crippen molar-refractivity contribution in [3.05, 3.63) is 0 Å². The normalized spacial score (nSPS) is 21.2. The second-order valence-electron chi connectivity index (χ2n) is 6.37. The van der Waals surface area contributed by atoms with E-state index < -0.39 is 0 Å². The van der Waals surface area contributed by atoms with Crippen LogP contribution in [0.15, 0.2) is 4.99 Å². The SMILES string of the molecule is CCNC(=NCC(CC(C)C)NC(=O)OCC)NC1CC1C.I. The van der Waals surface area contributed by atoms with Gasteiger partial charge in [-0.15, -0.1) is 24.0 Å². The first kappa shape index (κ1) is 22.3. The third-order valence-electron chi connectivity index (χ3n) is 3.60. The van der Waals surface area contributed by atoms with Crippen LogP contribution in [0, 0.1) is 11.8 Å². The van der Waals surface area contributed by atoms with Crippen LogP contribution in [0.5, 0.6) is 0 Å². The van der Waals surface area contributed by atoms with Crippen LogP contribution >= 0.6 is 24.0 Å². The van der Waals surface area contributed by atoms with E-state index in [0.717, 1.165) is 18.9 Å². The number of hydrogen-bond acceptors (Lipinski definition) is 3. The molecule has 0 bridgehead atoms. The molecule has 0 saturated heterocycles. The first-order valence-electron chi connectivity index (χ1n) is 8.44. The number of alkyl carbamates (subject to hydrolysis) is 1. The number of rotatable bonds is 8. The molecule has 6 nitrogen and oxygen atoms in total. The maximum absolute atomic E-state index is 11.6. The number of nitrogens with zero attached hydrogens (tertiary/aromatic N) is 1. The van der Waals surface area contributed by atoms with Crippen LogP contribution in [0.25, 0.3) is 0 Å². The van der Waals surface area contributed by atoms with Crippen molar-refractivity contribution in [3.63, 3.8) is 0 Å². The number of guanidine groups is 1. The maximum Gasteiger partial charge on any atom is 0.407 e. The lowest BCUT2D eigenvalue weighted by Crippen LogP contribution is -2.42. The Hall–Kier alpha value is -0.730. The van der Waals surface area contributed by atoms with Crippen molar-refractivity contribution < 1.29 is 9.53 Å². The molecule has 0 heterocycles. The van der Waals surface area contributed by atoms with Crippen molar-refractivity contribution in [2.24, 2.45) is 16.8 Å². The summed E-state index contributed by atoms with van der Waals surface area (Å²) in [4.78, 5) is 16.2. The molecule has 3 unspecified atom stereocenters. The summed E-state index contributed by atoms with van der Waals surface area (Å²) in [5, 5.41) is 9.58. The van der Waals surface area contributed by atoms with E-state index in [2.05, 4.69) is 48.6 Å².